The zero-order valence-corrected chi connectivity index (χ0v) is 11.9. The van der Waals surface area contributed by atoms with Gasteiger partial charge in [0, 0.05) is 11.4 Å². The maximum atomic E-state index is 4.44. The summed E-state index contributed by atoms with van der Waals surface area (Å²) >= 11 is 1.80. The second kappa shape index (κ2) is 5.15. The minimum atomic E-state index is 0.322. The maximum absolute atomic E-state index is 4.44. The highest BCUT2D eigenvalue weighted by Crippen LogP contribution is 2.23. The molecule has 0 saturated heterocycles. The van der Waals surface area contributed by atoms with E-state index in [-0.39, 0.29) is 0 Å². The van der Waals surface area contributed by atoms with Crippen LogP contribution in [0.15, 0.2) is 42.0 Å². The molecule has 19 heavy (non-hydrogen) atoms. The minimum absolute atomic E-state index is 0.322. The van der Waals surface area contributed by atoms with E-state index in [9.17, 15) is 0 Å². The van der Waals surface area contributed by atoms with Crippen LogP contribution in [0.2, 0.25) is 0 Å². The predicted molar refractivity (Wildman–Crippen MR) is 80.6 cm³/mol. The number of fused-ring (bicyclic) bond motifs is 1. The molecule has 1 atom stereocenters. The Labute approximate surface area is 116 Å². The Morgan fingerprint density at radius 1 is 1.37 bits per heavy atom. The number of nitrogens with zero attached hydrogens (tertiary/aromatic N) is 2. The minimum Gasteiger partial charge on any atom is -0.329 e. The van der Waals surface area contributed by atoms with Gasteiger partial charge in [0.05, 0.1) is 23.4 Å². The molecule has 2 aromatic heterocycles. The van der Waals surface area contributed by atoms with Crippen LogP contribution >= 0.6 is 11.3 Å². The van der Waals surface area contributed by atoms with E-state index >= 15 is 0 Å². The van der Waals surface area contributed by atoms with E-state index in [4.69, 9.17) is 0 Å². The Hall–Kier alpha value is -1.65. The molecule has 0 saturated carbocycles. The second-order valence-electron chi connectivity index (χ2n) is 4.72. The van der Waals surface area contributed by atoms with E-state index in [2.05, 4.69) is 51.4 Å². The first-order valence-electron chi connectivity index (χ1n) is 6.40. The fourth-order valence-corrected chi connectivity index (χ4v) is 3.12. The Kier molecular flexibility index (Phi) is 3.36. The number of para-hydroxylation sites is 2. The van der Waals surface area contributed by atoms with Gasteiger partial charge in [-0.25, -0.2) is 4.98 Å². The highest BCUT2D eigenvalue weighted by atomic mass is 32.1. The quantitative estimate of drug-likeness (QED) is 0.788. The van der Waals surface area contributed by atoms with E-state index in [0.29, 0.717) is 6.04 Å². The molecular formula is C15H17N3S. The number of nitrogens with one attached hydrogen (secondary N) is 1. The molecule has 0 amide bonds. The Morgan fingerprint density at radius 3 is 2.95 bits per heavy atom. The van der Waals surface area contributed by atoms with E-state index in [0.717, 1.165) is 12.1 Å². The monoisotopic (exact) mass is 271 g/mol. The first-order valence-corrected chi connectivity index (χ1v) is 7.28. The lowest BCUT2D eigenvalue weighted by molar-refractivity contribution is 0.509. The Morgan fingerprint density at radius 2 is 2.21 bits per heavy atom. The summed E-state index contributed by atoms with van der Waals surface area (Å²) < 4.78 is 2.21. The lowest BCUT2D eigenvalue weighted by Crippen LogP contribution is -2.21. The molecule has 3 nitrogen and oxygen atoms in total. The highest BCUT2D eigenvalue weighted by molar-refractivity contribution is 7.10. The maximum Gasteiger partial charge on any atom is 0.0958 e. The molecule has 0 aliphatic carbocycles. The number of benzene rings is 1. The summed E-state index contributed by atoms with van der Waals surface area (Å²) in [5.74, 6) is 0. The van der Waals surface area contributed by atoms with Crippen LogP contribution in [0.5, 0.6) is 0 Å². The molecule has 0 fully saturated rings. The van der Waals surface area contributed by atoms with Gasteiger partial charge in [-0.1, -0.05) is 12.1 Å². The van der Waals surface area contributed by atoms with Crippen LogP contribution in [0.1, 0.15) is 16.5 Å². The van der Waals surface area contributed by atoms with Gasteiger partial charge >= 0.3 is 0 Å². The topological polar surface area (TPSA) is 29.9 Å². The summed E-state index contributed by atoms with van der Waals surface area (Å²) in [5, 5.41) is 5.62. The molecule has 0 radical (unpaired) electrons. The summed E-state index contributed by atoms with van der Waals surface area (Å²) in [5.41, 5.74) is 3.59. The van der Waals surface area contributed by atoms with Crippen molar-refractivity contribution in [3.63, 3.8) is 0 Å². The lowest BCUT2D eigenvalue weighted by Gasteiger charge is -2.16. The SMILES string of the molecule is CNC(Cn1cnc2ccccc21)c1csc(C)c1. The second-order valence-corrected chi connectivity index (χ2v) is 5.83. The van der Waals surface area contributed by atoms with Gasteiger partial charge in [-0.15, -0.1) is 11.3 Å². The number of aryl methyl sites for hydroxylation is 1. The molecule has 0 spiro atoms. The van der Waals surface area contributed by atoms with E-state index < -0.39 is 0 Å². The standard InChI is InChI=1S/C15H17N3S/c1-11-7-12(9-19-11)14(16-2)8-18-10-17-13-5-3-4-6-15(13)18/h3-7,9-10,14,16H,8H2,1-2H3. The van der Waals surface area contributed by atoms with Crippen LogP contribution in [-0.4, -0.2) is 16.6 Å². The van der Waals surface area contributed by atoms with Crippen LogP contribution in [0.25, 0.3) is 11.0 Å². The number of likely N-dealkylation sites (N-methyl/N-ethyl adjacent to an activating group) is 1. The fourth-order valence-electron chi connectivity index (χ4n) is 2.36. The van der Waals surface area contributed by atoms with Gasteiger partial charge in [-0.2, -0.15) is 0 Å². The van der Waals surface area contributed by atoms with Crippen molar-refractivity contribution in [1.82, 2.24) is 14.9 Å². The van der Waals surface area contributed by atoms with Gasteiger partial charge in [-0.05, 0) is 43.1 Å². The van der Waals surface area contributed by atoms with Gasteiger partial charge in [0.2, 0.25) is 0 Å². The van der Waals surface area contributed by atoms with Crippen molar-refractivity contribution >= 4 is 22.4 Å². The number of hydrogen-bond acceptors (Lipinski definition) is 3. The van der Waals surface area contributed by atoms with Gasteiger partial charge < -0.3 is 9.88 Å². The van der Waals surface area contributed by atoms with Crippen LogP contribution in [-0.2, 0) is 6.54 Å². The number of rotatable bonds is 4. The third-order valence-corrected chi connectivity index (χ3v) is 4.29. The lowest BCUT2D eigenvalue weighted by atomic mass is 10.1. The van der Waals surface area contributed by atoms with Crippen molar-refractivity contribution in [2.45, 2.75) is 19.5 Å². The third kappa shape index (κ3) is 2.41. The van der Waals surface area contributed by atoms with Crippen molar-refractivity contribution in [2.75, 3.05) is 7.05 Å². The van der Waals surface area contributed by atoms with Gasteiger partial charge in [-0.3, -0.25) is 0 Å². The number of hydrogen-bond donors (Lipinski definition) is 1. The van der Waals surface area contributed by atoms with Crippen molar-refractivity contribution in [3.05, 3.63) is 52.5 Å². The zero-order valence-electron chi connectivity index (χ0n) is 11.1. The largest absolute Gasteiger partial charge is 0.329 e. The molecule has 4 heteroatoms. The van der Waals surface area contributed by atoms with Crippen LogP contribution in [0.3, 0.4) is 0 Å². The molecule has 2 heterocycles. The van der Waals surface area contributed by atoms with Gasteiger partial charge in [0.15, 0.2) is 0 Å². The van der Waals surface area contributed by atoms with Crippen LogP contribution in [0, 0.1) is 6.92 Å². The van der Waals surface area contributed by atoms with Crippen molar-refractivity contribution in [1.29, 1.82) is 0 Å². The van der Waals surface area contributed by atoms with Crippen molar-refractivity contribution < 1.29 is 0 Å². The molecule has 0 aliphatic rings. The van der Waals surface area contributed by atoms with Crippen LogP contribution in [0.4, 0.5) is 0 Å². The summed E-state index contributed by atoms with van der Waals surface area (Å²) in [6.45, 7) is 3.04. The number of imidazole rings is 1. The van der Waals surface area contributed by atoms with Gasteiger partial charge in [0.1, 0.15) is 0 Å². The fraction of sp³-hybridized carbons (Fsp3) is 0.267. The Balaban J connectivity index is 1.90. The first-order chi connectivity index (χ1) is 9.28. The van der Waals surface area contributed by atoms with Crippen molar-refractivity contribution in [2.24, 2.45) is 0 Å². The zero-order chi connectivity index (χ0) is 13.2. The average molecular weight is 271 g/mol. The smallest absolute Gasteiger partial charge is 0.0958 e. The normalized spacial score (nSPS) is 12.9. The summed E-state index contributed by atoms with van der Waals surface area (Å²) in [4.78, 5) is 5.80. The molecule has 0 bridgehead atoms. The molecule has 1 unspecified atom stereocenters. The third-order valence-electron chi connectivity index (χ3n) is 3.41. The van der Waals surface area contributed by atoms with Crippen molar-refractivity contribution in [3.8, 4) is 0 Å². The highest BCUT2D eigenvalue weighted by Gasteiger charge is 2.12. The molecule has 3 aromatic rings. The summed E-state index contributed by atoms with van der Waals surface area (Å²) in [7, 11) is 2.01. The molecule has 98 valence electrons. The van der Waals surface area contributed by atoms with E-state index in [1.54, 1.807) is 11.3 Å². The molecule has 0 aliphatic heterocycles. The predicted octanol–water partition coefficient (Wildman–Crippen LogP) is 3.37. The number of thiophene rings is 1. The molecule has 1 N–H and O–H groups in total. The van der Waals surface area contributed by atoms with E-state index in [1.165, 1.54) is 16.0 Å². The molecule has 3 rings (SSSR count). The average Bonchev–Trinajstić information content (AvgIpc) is 3.03. The van der Waals surface area contributed by atoms with Gasteiger partial charge in [0.25, 0.3) is 0 Å². The first kappa shape index (κ1) is 12.4. The molecular weight excluding hydrogens is 254 g/mol. The summed E-state index contributed by atoms with van der Waals surface area (Å²) in [6.07, 6.45) is 1.92. The number of aromatic nitrogens is 2. The summed E-state index contributed by atoms with van der Waals surface area (Å²) in [6, 6.07) is 10.8. The Bertz CT molecular complexity index is 683. The molecule has 1 aromatic carbocycles. The van der Waals surface area contributed by atoms with E-state index in [1.807, 2.05) is 19.4 Å². The van der Waals surface area contributed by atoms with Crippen LogP contribution < -0.4 is 5.32 Å².